The van der Waals surface area contributed by atoms with Crippen molar-refractivity contribution < 1.29 is 0 Å². The van der Waals surface area contributed by atoms with Crippen LogP contribution in [-0.2, 0) is 0 Å². The lowest BCUT2D eigenvalue weighted by Gasteiger charge is -2.31. The lowest BCUT2D eigenvalue weighted by atomic mass is 9.73. The molecule has 2 aliphatic rings. The van der Waals surface area contributed by atoms with Gasteiger partial charge in [-0.3, -0.25) is 0 Å². The van der Waals surface area contributed by atoms with E-state index in [1.54, 1.807) is 5.92 Å². The summed E-state index contributed by atoms with van der Waals surface area (Å²) < 4.78 is 0. The van der Waals surface area contributed by atoms with E-state index >= 15 is 0 Å². The Kier molecular flexibility index (Phi) is 1.19. The molecule has 0 aromatic rings. The minimum atomic E-state index is 0.657. The topological polar surface area (TPSA) is 0 Å². The number of hydrogen-bond donors (Lipinski definition) is 0. The van der Waals surface area contributed by atoms with Crippen LogP contribution in [0.3, 0.4) is 0 Å². The zero-order valence-corrected chi connectivity index (χ0v) is 7.28. The van der Waals surface area contributed by atoms with Crippen molar-refractivity contribution in [3.63, 3.8) is 0 Å². The van der Waals surface area contributed by atoms with Crippen LogP contribution >= 0.6 is 0 Å². The molecule has 0 aromatic heterocycles. The fourth-order valence-corrected chi connectivity index (χ4v) is 2.97. The highest BCUT2D eigenvalue weighted by atomic mass is 14.6. The summed E-state index contributed by atoms with van der Waals surface area (Å²) in [4.78, 5) is 0. The molecule has 2 aliphatic carbocycles. The quantitative estimate of drug-likeness (QED) is 0.481. The maximum Gasteiger partial charge on any atom is -0.0182 e. The second kappa shape index (κ2) is 1.78. The zero-order valence-electron chi connectivity index (χ0n) is 7.28. The average Bonchev–Trinajstić information content (AvgIpc) is 2.35. The van der Waals surface area contributed by atoms with Gasteiger partial charge in [0.1, 0.15) is 0 Å². The molecule has 3 unspecified atom stereocenters. The van der Waals surface area contributed by atoms with E-state index in [0.29, 0.717) is 5.41 Å². The molecule has 0 heteroatoms. The van der Waals surface area contributed by atoms with Crippen molar-refractivity contribution in [1.82, 2.24) is 0 Å². The van der Waals surface area contributed by atoms with Gasteiger partial charge in [-0.2, -0.15) is 0 Å². The Balaban J connectivity index is 2.25. The molecule has 0 nitrogen and oxygen atoms in total. The maximum atomic E-state index is 2.45. The van der Waals surface area contributed by atoms with Gasteiger partial charge in [0.25, 0.3) is 0 Å². The molecule has 1 radical (unpaired) electrons. The van der Waals surface area contributed by atoms with Gasteiger partial charge in [0, 0.05) is 0 Å². The molecule has 0 N–H and O–H groups in total. The monoisotopic (exact) mass is 137 g/mol. The standard InChI is InChI=1S/C10H17/c1-7-8(2)10(3)5-4-9(7)6-10/h7,9H,4-6H2,1-3H3. The number of fused-ring (bicyclic) bond motifs is 2. The van der Waals surface area contributed by atoms with Crippen molar-refractivity contribution in [2.45, 2.75) is 40.0 Å². The Morgan fingerprint density at radius 3 is 2.50 bits per heavy atom. The van der Waals surface area contributed by atoms with Crippen LogP contribution in [0.2, 0.25) is 0 Å². The van der Waals surface area contributed by atoms with E-state index in [9.17, 15) is 0 Å². The van der Waals surface area contributed by atoms with Gasteiger partial charge in [-0.1, -0.05) is 20.8 Å². The Hall–Kier alpha value is 0. The largest absolute Gasteiger partial charge is 0.0617 e. The van der Waals surface area contributed by atoms with Gasteiger partial charge in [0.2, 0.25) is 0 Å². The van der Waals surface area contributed by atoms with Gasteiger partial charge < -0.3 is 0 Å². The van der Waals surface area contributed by atoms with E-state index in [4.69, 9.17) is 0 Å². The molecular weight excluding hydrogens is 120 g/mol. The van der Waals surface area contributed by atoms with E-state index in [0.717, 1.165) is 11.8 Å². The normalized spacial score (nSPS) is 54.3. The fourth-order valence-electron chi connectivity index (χ4n) is 2.97. The van der Waals surface area contributed by atoms with E-state index in [-0.39, 0.29) is 0 Å². The second-order valence-electron chi connectivity index (χ2n) is 4.54. The highest BCUT2D eigenvalue weighted by Crippen LogP contribution is 2.61. The van der Waals surface area contributed by atoms with Crippen LogP contribution < -0.4 is 0 Å². The first kappa shape index (κ1) is 6.69. The van der Waals surface area contributed by atoms with E-state index in [1.807, 2.05) is 0 Å². The molecule has 57 valence electrons. The number of hydrogen-bond acceptors (Lipinski definition) is 0. The van der Waals surface area contributed by atoms with Crippen LogP contribution in [0.4, 0.5) is 0 Å². The summed E-state index contributed by atoms with van der Waals surface area (Å²) in [5, 5.41) is 0. The maximum absolute atomic E-state index is 2.45. The summed E-state index contributed by atoms with van der Waals surface area (Å²) in [7, 11) is 0. The van der Waals surface area contributed by atoms with Crippen molar-refractivity contribution in [3.8, 4) is 0 Å². The summed E-state index contributed by atoms with van der Waals surface area (Å²) >= 11 is 0. The Labute approximate surface area is 64.0 Å². The molecule has 2 bridgehead atoms. The van der Waals surface area contributed by atoms with Crippen LogP contribution in [0.15, 0.2) is 0 Å². The van der Waals surface area contributed by atoms with Crippen molar-refractivity contribution in [1.29, 1.82) is 0 Å². The molecule has 0 spiro atoms. The predicted molar refractivity (Wildman–Crippen MR) is 43.5 cm³/mol. The Morgan fingerprint density at radius 2 is 2.20 bits per heavy atom. The molecule has 0 aromatic carbocycles. The molecule has 10 heavy (non-hydrogen) atoms. The van der Waals surface area contributed by atoms with Gasteiger partial charge in [-0.25, -0.2) is 0 Å². The van der Waals surface area contributed by atoms with Gasteiger partial charge >= 0.3 is 0 Å². The smallest absolute Gasteiger partial charge is 0.0182 e. The van der Waals surface area contributed by atoms with Gasteiger partial charge in [0.05, 0.1) is 0 Å². The highest BCUT2D eigenvalue weighted by molar-refractivity contribution is 5.17. The zero-order chi connectivity index (χ0) is 7.35. The van der Waals surface area contributed by atoms with E-state index < -0.39 is 0 Å². The SMILES string of the molecule is C[C]1C(C)C2CCC1(C)C2. The third kappa shape index (κ3) is 0.627. The minimum Gasteiger partial charge on any atom is -0.0617 e. The first-order valence-electron chi connectivity index (χ1n) is 4.47. The molecule has 0 aliphatic heterocycles. The number of rotatable bonds is 0. The van der Waals surface area contributed by atoms with Crippen LogP contribution in [0.1, 0.15) is 40.0 Å². The minimum absolute atomic E-state index is 0.657. The molecule has 2 saturated carbocycles. The van der Waals surface area contributed by atoms with Crippen LogP contribution in [-0.4, -0.2) is 0 Å². The van der Waals surface area contributed by atoms with Crippen molar-refractivity contribution in [2.75, 3.05) is 0 Å². The third-order valence-electron chi connectivity index (χ3n) is 4.12. The lowest BCUT2D eigenvalue weighted by molar-refractivity contribution is 0.326. The molecule has 2 rings (SSSR count). The second-order valence-corrected chi connectivity index (χ2v) is 4.54. The lowest BCUT2D eigenvalue weighted by Crippen LogP contribution is -2.22. The average molecular weight is 137 g/mol. The predicted octanol–water partition coefficient (Wildman–Crippen LogP) is 3.04. The summed E-state index contributed by atoms with van der Waals surface area (Å²) in [6, 6.07) is 0. The van der Waals surface area contributed by atoms with Crippen LogP contribution in [0.5, 0.6) is 0 Å². The molecule has 0 heterocycles. The van der Waals surface area contributed by atoms with Crippen molar-refractivity contribution >= 4 is 0 Å². The first-order valence-corrected chi connectivity index (χ1v) is 4.47. The van der Waals surface area contributed by atoms with Gasteiger partial charge in [-0.15, -0.1) is 0 Å². The summed E-state index contributed by atoms with van der Waals surface area (Å²) in [6.07, 6.45) is 4.45. The van der Waals surface area contributed by atoms with Crippen LogP contribution in [0, 0.1) is 23.2 Å². The van der Waals surface area contributed by atoms with Crippen molar-refractivity contribution in [3.05, 3.63) is 5.92 Å². The molecule has 0 saturated heterocycles. The van der Waals surface area contributed by atoms with Crippen LogP contribution in [0.25, 0.3) is 0 Å². The molecule has 2 fully saturated rings. The van der Waals surface area contributed by atoms with E-state index in [2.05, 4.69) is 20.8 Å². The fraction of sp³-hybridized carbons (Fsp3) is 0.900. The van der Waals surface area contributed by atoms with Gasteiger partial charge in [-0.05, 0) is 42.4 Å². The first-order chi connectivity index (χ1) is 4.63. The van der Waals surface area contributed by atoms with E-state index in [1.165, 1.54) is 19.3 Å². The summed E-state index contributed by atoms with van der Waals surface area (Å²) in [5.74, 6) is 3.76. The van der Waals surface area contributed by atoms with Gasteiger partial charge in [0.15, 0.2) is 0 Å². The summed E-state index contributed by atoms with van der Waals surface area (Å²) in [6.45, 7) is 7.22. The molecular formula is C10H17. The van der Waals surface area contributed by atoms with Crippen molar-refractivity contribution in [2.24, 2.45) is 17.3 Å². The molecule has 3 atom stereocenters. The summed E-state index contributed by atoms with van der Waals surface area (Å²) in [5.41, 5.74) is 0.657. The third-order valence-corrected chi connectivity index (χ3v) is 4.12. The molecule has 0 amide bonds. The Bertz CT molecular complexity index is 150. The Morgan fingerprint density at radius 1 is 1.50 bits per heavy atom. The highest BCUT2D eigenvalue weighted by Gasteiger charge is 2.51.